The Labute approximate surface area is 147 Å². The van der Waals surface area contributed by atoms with Crippen LogP contribution in [0.4, 0.5) is 0 Å². The van der Waals surface area contributed by atoms with E-state index in [2.05, 4.69) is 5.16 Å². The lowest BCUT2D eigenvalue weighted by Crippen LogP contribution is -2.41. The van der Waals surface area contributed by atoms with Gasteiger partial charge in [-0.25, -0.2) is 8.42 Å². The summed E-state index contributed by atoms with van der Waals surface area (Å²) < 4.78 is 28.9. The predicted molar refractivity (Wildman–Crippen MR) is 94.9 cm³/mol. The van der Waals surface area contributed by atoms with Crippen molar-refractivity contribution in [3.63, 3.8) is 0 Å². The Morgan fingerprint density at radius 2 is 2.08 bits per heavy atom. The molecule has 7 heteroatoms. The molecule has 134 valence electrons. The Bertz CT molecular complexity index is 830. The van der Waals surface area contributed by atoms with Gasteiger partial charge in [0, 0.05) is 24.2 Å². The first kappa shape index (κ1) is 17.7. The lowest BCUT2D eigenvalue weighted by Gasteiger charge is -2.27. The fraction of sp³-hybridized carbons (Fsp3) is 0.444. The van der Waals surface area contributed by atoms with E-state index in [1.165, 1.54) is 0 Å². The fourth-order valence-corrected chi connectivity index (χ4v) is 4.79. The maximum atomic E-state index is 12.9. The molecule has 2 heterocycles. The molecule has 0 saturated carbocycles. The molecule has 3 rings (SSSR count). The summed E-state index contributed by atoms with van der Waals surface area (Å²) in [5, 5.41) is 3.91. The number of nitrogens with zero attached hydrogens (tertiary/aromatic N) is 2. The molecule has 1 saturated heterocycles. The number of sulfone groups is 1. The van der Waals surface area contributed by atoms with Gasteiger partial charge in [0.05, 0.1) is 11.5 Å². The van der Waals surface area contributed by atoms with Crippen molar-refractivity contribution in [1.82, 2.24) is 10.1 Å². The third-order valence-corrected chi connectivity index (χ3v) is 6.20. The van der Waals surface area contributed by atoms with E-state index in [0.717, 1.165) is 18.4 Å². The van der Waals surface area contributed by atoms with Crippen LogP contribution in [0.25, 0.3) is 11.3 Å². The number of hydrogen-bond acceptors (Lipinski definition) is 5. The highest BCUT2D eigenvalue weighted by molar-refractivity contribution is 7.91. The SMILES string of the molecule is CCCCN(C(=O)c1cc(-c2ccccc2)on1)C1CCS(=O)(=O)C1. The van der Waals surface area contributed by atoms with E-state index in [0.29, 0.717) is 18.7 Å². The predicted octanol–water partition coefficient (Wildman–Crippen LogP) is 2.77. The van der Waals surface area contributed by atoms with Gasteiger partial charge in [-0.05, 0) is 12.8 Å². The van der Waals surface area contributed by atoms with Crippen LogP contribution in [-0.4, -0.2) is 48.5 Å². The highest BCUT2D eigenvalue weighted by atomic mass is 32.2. The van der Waals surface area contributed by atoms with Crippen LogP contribution in [0.2, 0.25) is 0 Å². The molecular formula is C18H22N2O4S. The third-order valence-electron chi connectivity index (χ3n) is 4.45. The molecule has 1 atom stereocenters. The second-order valence-corrected chi connectivity index (χ2v) is 8.58. The largest absolute Gasteiger partial charge is 0.355 e. The number of aromatic nitrogens is 1. The van der Waals surface area contributed by atoms with E-state index in [-0.39, 0.29) is 29.1 Å². The molecule has 1 aliphatic heterocycles. The van der Waals surface area contributed by atoms with Crippen molar-refractivity contribution in [1.29, 1.82) is 0 Å². The summed E-state index contributed by atoms with van der Waals surface area (Å²) in [6, 6.07) is 10.8. The molecule has 1 aromatic carbocycles. The van der Waals surface area contributed by atoms with Gasteiger partial charge in [0.15, 0.2) is 21.3 Å². The van der Waals surface area contributed by atoms with Gasteiger partial charge in [0.1, 0.15) is 0 Å². The van der Waals surface area contributed by atoms with E-state index in [1.807, 2.05) is 37.3 Å². The summed E-state index contributed by atoms with van der Waals surface area (Å²) in [6.45, 7) is 2.57. The minimum absolute atomic E-state index is 0.0336. The molecule has 0 radical (unpaired) electrons. The van der Waals surface area contributed by atoms with Crippen molar-refractivity contribution >= 4 is 15.7 Å². The number of unbranched alkanes of at least 4 members (excludes halogenated alkanes) is 1. The Morgan fingerprint density at radius 1 is 1.32 bits per heavy atom. The minimum Gasteiger partial charge on any atom is -0.355 e. The smallest absolute Gasteiger partial charge is 0.276 e. The van der Waals surface area contributed by atoms with Crippen molar-refractivity contribution in [3.8, 4) is 11.3 Å². The van der Waals surface area contributed by atoms with Crippen LogP contribution in [0.3, 0.4) is 0 Å². The van der Waals surface area contributed by atoms with Gasteiger partial charge in [-0.3, -0.25) is 4.79 Å². The summed E-state index contributed by atoms with van der Waals surface area (Å²) >= 11 is 0. The average molecular weight is 362 g/mol. The highest BCUT2D eigenvalue weighted by Gasteiger charge is 2.35. The molecule has 0 bridgehead atoms. The monoisotopic (exact) mass is 362 g/mol. The van der Waals surface area contributed by atoms with Crippen LogP contribution in [0.5, 0.6) is 0 Å². The maximum absolute atomic E-state index is 12.9. The molecular weight excluding hydrogens is 340 g/mol. The Balaban J connectivity index is 1.81. The molecule has 1 fully saturated rings. The molecule has 6 nitrogen and oxygen atoms in total. The lowest BCUT2D eigenvalue weighted by molar-refractivity contribution is 0.0683. The van der Waals surface area contributed by atoms with E-state index < -0.39 is 9.84 Å². The third kappa shape index (κ3) is 4.10. The van der Waals surface area contributed by atoms with Gasteiger partial charge in [-0.2, -0.15) is 0 Å². The highest BCUT2D eigenvalue weighted by Crippen LogP contribution is 2.23. The fourth-order valence-electron chi connectivity index (χ4n) is 3.06. The normalized spacial score (nSPS) is 19.0. The van der Waals surface area contributed by atoms with E-state index in [9.17, 15) is 13.2 Å². The minimum atomic E-state index is -3.06. The summed E-state index contributed by atoms with van der Waals surface area (Å²) in [4.78, 5) is 14.6. The van der Waals surface area contributed by atoms with Crippen LogP contribution >= 0.6 is 0 Å². The first-order chi connectivity index (χ1) is 12.0. The summed E-state index contributed by atoms with van der Waals surface area (Å²) in [7, 11) is -3.06. The zero-order valence-corrected chi connectivity index (χ0v) is 15.0. The Morgan fingerprint density at radius 3 is 2.72 bits per heavy atom. The lowest BCUT2D eigenvalue weighted by atomic mass is 10.1. The van der Waals surface area contributed by atoms with Crippen molar-refractivity contribution in [2.45, 2.75) is 32.2 Å². The molecule has 0 spiro atoms. The average Bonchev–Trinajstić information content (AvgIpc) is 3.23. The van der Waals surface area contributed by atoms with Crippen LogP contribution in [0.15, 0.2) is 40.9 Å². The number of rotatable bonds is 6. The standard InChI is InChI=1S/C18H22N2O4S/c1-2-3-10-20(15-9-11-25(22,23)13-15)18(21)16-12-17(24-19-16)14-7-5-4-6-8-14/h4-8,12,15H,2-3,9-11,13H2,1H3. The molecule has 1 amide bonds. The van der Waals surface area contributed by atoms with Crippen LogP contribution in [-0.2, 0) is 9.84 Å². The van der Waals surface area contributed by atoms with Gasteiger partial charge in [-0.1, -0.05) is 48.8 Å². The van der Waals surface area contributed by atoms with Crippen LogP contribution in [0.1, 0.15) is 36.7 Å². The van der Waals surface area contributed by atoms with Crippen molar-refractivity contribution in [2.75, 3.05) is 18.1 Å². The van der Waals surface area contributed by atoms with E-state index >= 15 is 0 Å². The first-order valence-electron chi connectivity index (χ1n) is 8.53. The number of carbonyl (C=O) groups is 1. The molecule has 25 heavy (non-hydrogen) atoms. The molecule has 0 N–H and O–H groups in total. The number of benzene rings is 1. The molecule has 1 aromatic heterocycles. The van der Waals surface area contributed by atoms with Crippen molar-refractivity contribution < 1.29 is 17.7 Å². The van der Waals surface area contributed by atoms with Gasteiger partial charge >= 0.3 is 0 Å². The topological polar surface area (TPSA) is 80.5 Å². The summed E-state index contributed by atoms with van der Waals surface area (Å²) in [6.07, 6.45) is 2.24. The quantitative estimate of drug-likeness (QED) is 0.789. The van der Waals surface area contributed by atoms with Gasteiger partial charge in [0.25, 0.3) is 5.91 Å². The zero-order valence-electron chi connectivity index (χ0n) is 14.2. The molecule has 2 aromatic rings. The molecule has 1 aliphatic rings. The first-order valence-corrected chi connectivity index (χ1v) is 10.4. The summed E-state index contributed by atoms with van der Waals surface area (Å²) in [5.41, 5.74) is 1.07. The maximum Gasteiger partial charge on any atom is 0.276 e. The molecule has 0 aliphatic carbocycles. The van der Waals surface area contributed by atoms with Gasteiger partial charge in [-0.15, -0.1) is 0 Å². The zero-order chi connectivity index (χ0) is 17.9. The molecule has 1 unspecified atom stereocenters. The second-order valence-electron chi connectivity index (χ2n) is 6.35. The van der Waals surface area contributed by atoms with Crippen molar-refractivity contribution in [2.24, 2.45) is 0 Å². The van der Waals surface area contributed by atoms with Gasteiger partial charge < -0.3 is 9.42 Å². The van der Waals surface area contributed by atoms with E-state index in [4.69, 9.17) is 4.52 Å². The van der Waals surface area contributed by atoms with Gasteiger partial charge in [0.2, 0.25) is 0 Å². The Hall–Kier alpha value is -2.15. The van der Waals surface area contributed by atoms with Crippen molar-refractivity contribution in [3.05, 3.63) is 42.1 Å². The second kappa shape index (κ2) is 7.39. The Kier molecular flexibility index (Phi) is 5.22. The number of amides is 1. The number of hydrogen-bond donors (Lipinski definition) is 0. The van der Waals surface area contributed by atoms with Crippen LogP contribution < -0.4 is 0 Å². The summed E-state index contributed by atoms with van der Waals surface area (Å²) in [5.74, 6) is 0.438. The van der Waals surface area contributed by atoms with Crippen LogP contribution in [0, 0.1) is 0 Å². The number of carbonyl (C=O) groups excluding carboxylic acids is 1. The van der Waals surface area contributed by atoms with E-state index in [1.54, 1.807) is 11.0 Å².